The number of benzene rings is 1. The standard InChI is InChI=1S/C21H27ClN4O2/c1-13-14(2)23-20(25-18(13)27)24-17-9-11-26(12-10-17)19(28)21(3,4)15-5-7-16(22)8-6-15/h5-8,17H,9-12H2,1-4H3,(H2,23,24,25,27). The molecule has 1 aliphatic rings. The van der Waals surface area contributed by atoms with Gasteiger partial charge in [-0.3, -0.25) is 14.6 Å². The van der Waals surface area contributed by atoms with Crippen LogP contribution in [0.15, 0.2) is 29.1 Å². The van der Waals surface area contributed by atoms with Crippen molar-refractivity contribution in [2.45, 2.75) is 52.0 Å². The lowest BCUT2D eigenvalue weighted by Crippen LogP contribution is -2.49. The minimum Gasteiger partial charge on any atom is -0.353 e. The molecule has 0 spiro atoms. The van der Waals surface area contributed by atoms with Gasteiger partial charge in [-0.2, -0.15) is 0 Å². The van der Waals surface area contributed by atoms with Crippen LogP contribution >= 0.6 is 11.6 Å². The zero-order valence-corrected chi connectivity index (χ0v) is 17.6. The molecule has 1 saturated heterocycles. The molecular weight excluding hydrogens is 376 g/mol. The molecule has 0 bridgehead atoms. The second-order valence-corrected chi connectivity index (χ2v) is 8.40. The van der Waals surface area contributed by atoms with E-state index in [-0.39, 0.29) is 17.5 Å². The summed E-state index contributed by atoms with van der Waals surface area (Å²) in [5.74, 6) is 0.616. The number of halogens is 1. The normalized spacial score (nSPS) is 15.5. The number of likely N-dealkylation sites (tertiary alicyclic amines) is 1. The summed E-state index contributed by atoms with van der Waals surface area (Å²) in [7, 11) is 0. The lowest BCUT2D eigenvalue weighted by Gasteiger charge is -2.37. The van der Waals surface area contributed by atoms with E-state index in [1.54, 1.807) is 6.92 Å². The summed E-state index contributed by atoms with van der Waals surface area (Å²) in [5, 5.41) is 3.97. The van der Waals surface area contributed by atoms with Crippen molar-refractivity contribution in [3.8, 4) is 0 Å². The van der Waals surface area contributed by atoms with Crippen LogP contribution in [0.3, 0.4) is 0 Å². The molecule has 2 aromatic rings. The number of H-pyrrole nitrogens is 1. The van der Waals surface area contributed by atoms with Crippen LogP contribution in [0.4, 0.5) is 5.95 Å². The molecule has 1 fully saturated rings. The number of piperidine rings is 1. The van der Waals surface area contributed by atoms with Crippen molar-refractivity contribution in [2.24, 2.45) is 0 Å². The summed E-state index contributed by atoms with van der Waals surface area (Å²) in [6.07, 6.45) is 1.61. The molecule has 6 nitrogen and oxygen atoms in total. The van der Waals surface area contributed by atoms with Gasteiger partial charge in [0.1, 0.15) is 0 Å². The maximum Gasteiger partial charge on any atom is 0.255 e. The van der Waals surface area contributed by atoms with Crippen molar-refractivity contribution in [2.75, 3.05) is 18.4 Å². The Morgan fingerprint density at radius 3 is 2.39 bits per heavy atom. The van der Waals surface area contributed by atoms with Gasteiger partial charge in [0, 0.05) is 35.4 Å². The number of carbonyl (C=O) groups is 1. The molecule has 0 radical (unpaired) electrons. The minimum atomic E-state index is -0.605. The molecule has 28 heavy (non-hydrogen) atoms. The first kappa shape index (κ1) is 20.4. The third-order valence-electron chi connectivity index (χ3n) is 5.62. The van der Waals surface area contributed by atoms with Gasteiger partial charge < -0.3 is 10.2 Å². The van der Waals surface area contributed by atoms with Crippen molar-refractivity contribution in [1.82, 2.24) is 14.9 Å². The highest BCUT2D eigenvalue weighted by Gasteiger charge is 2.35. The topological polar surface area (TPSA) is 78.1 Å². The van der Waals surface area contributed by atoms with E-state index in [1.807, 2.05) is 49.9 Å². The van der Waals surface area contributed by atoms with Crippen molar-refractivity contribution >= 4 is 23.5 Å². The Morgan fingerprint density at radius 2 is 1.82 bits per heavy atom. The average molecular weight is 403 g/mol. The van der Waals surface area contributed by atoms with Gasteiger partial charge in [0.2, 0.25) is 11.9 Å². The number of carbonyl (C=O) groups excluding carboxylic acids is 1. The highest BCUT2D eigenvalue weighted by Crippen LogP contribution is 2.28. The van der Waals surface area contributed by atoms with E-state index in [9.17, 15) is 9.59 Å². The summed E-state index contributed by atoms with van der Waals surface area (Å²) in [6, 6.07) is 7.64. The average Bonchev–Trinajstić information content (AvgIpc) is 2.66. The molecular formula is C21H27ClN4O2. The predicted molar refractivity (Wildman–Crippen MR) is 112 cm³/mol. The number of aromatic nitrogens is 2. The summed E-state index contributed by atoms with van der Waals surface area (Å²) in [6.45, 7) is 8.83. The lowest BCUT2D eigenvalue weighted by atomic mass is 9.82. The van der Waals surface area contributed by atoms with Gasteiger partial charge in [0.05, 0.1) is 5.41 Å². The van der Waals surface area contributed by atoms with Crippen molar-refractivity contribution in [1.29, 1.82) is 0 Å². The number of anilines is 1. The third-order valence-corrected chi connectivity index (χ3v) is 5.87. The van der Waals surface area contributed by atoms with E-state index in [4.69, 9.17) is 11.6 Å². The second-order valence-electron chi connectivity index (χ2n) is 7.97. The quantitative estimate of drug-likeness (QED) is 0.821. The lowest BCUT2D eigenvalue weighted by molar-refractivity contribution is -0.137. The van der Waals surface area contributed by atoms with Crippen LogP contribution in [0.5, 0.6) is 0 Å². The predicted octanol–water partition coefficient (Wildman–Crippen LogP) is 3.42. The number of nitrogens with zero attached hydrogens (tertiary/aromatic N) is 2. The number of hydrogen-bond acceptors (Lipinski definition) is 4. The molecule has 3 rings (SSSR count). The van der Waals surface area contributed by atoms with E-state index in [2.05, 4.69) is 15.3 Å². The first-order chi connectivity index (χ1) is 13.2. The Hall–Kier alpha value is -2.34. The molecule has 1 amide bonds. The highest BCUT2D eigenvalue weighted by molar-refractivity contribution is 6.30. The van der Waals surface area contributed by atoms with Gasteiger partial charge in [0.15, 0.2) is 0 Å². The first-order valence-electron chi connectivity index (χ1n) is 9.58. The summed E-state index contributed by atoms with van der Waals surface area (Å²) in [4.78, 5) is 34.1. The molecule has 0 aliphatic carbocycles. The number of hydrogen-bond donors (Lipinski definition) is 2. The fraction of sp³-hybridized carbons (Fsp3) is 0.476. The van der Waals surface area contributed by atoms with Crippen LogP contribution in [0, 0.1) is 13.8 Å². The maximum absolute atomic E-state index is 13.1. The molecule has 1 aromatic heterocycles. The Bertz CT molecular complexity index is 913. The number of aryl methyl sites for hydroxylation is 1. The summed E-state index contributed by atoms with van der Waals surface area (Å²) >= 11 is 5.97. The van der Waals surface area contributed by atoms with Crippen LogP contribution in [0.2, 0.25) is 5.02 Å². The van der Waals surface area contributed by atoms with Gasteiger partial charge in [-0.1, -0.05) is 23.7 Å². The molecule has 1 aliphatic heterocycles. The fourth-order valence-electron chi connectivity index (χ4n) is 3.52. The molecule has 2 N–H and O–H groups in total. The Labute approximate surface area is 170 Å². The molecule has 0 unspecified atom stereocenters. The SMILES string of the molecule is Cc1nc(NC2CCN(C(=O)C(C)(C)c3ccc(Cl)cc3)CC2)[nH]c(=O)c1C. The number of rotatable bonds is 4. The van der Waals surface area contributed by atoms with Crippen LogP contribution < -0.4 is 10.9 Å². The van der Waals surface area contributed by atoms with Crippen LogP contribution in [0.25, 0.3) is 0 Å². The first-order valence-corrected chi connectivity index (χ1v) is 9.96. The van der Waals surface area contributed by atoms with E-state index in [0.717, 1.165) is 24.1 Å². The molecule has 150 valence electrons. The van der Waals surface area contributed by atoms with Crippen molar-refractivity contribution in [3.05, 3.63) is 56.5 Å². The van der Waals surface area contributed by atoms with E-state index in [0.29, 0.717) is 29.6 Å². The fourth-order valence-corrected chi connectivity index (χ4v) is 3.65. The van der Waals surface area contributed by atoms with Crippen LogP contribution in [0.1, 0.15) is 43.5 Å². The Balaban J connectivity index is 1.62. The monoisotopic (exact) mass is 402 g/mol. The van der Waals surface area contributed by atoms with Gasteiger partial charge in [-0.05, 0) is 58.2 Å². The maximum atomic E-state index is 13.1. The number of aromatic amines is 1. The zero-order valence-electron chi connectivity index (χ0n) is 16.8. The van der Waals surface area contributed by atoms with Crippen LogP contribution in [-0.4, -0.2) is 39.9 Å². The molecule has 2 heterocycles. The summed E-state index contributed by atoms with van der Waals surface area (Å²) in [5.41, 5.74) is 1.59. The third kappa shape index (κ3) is 4.22. The van der Waals surface area contributed by atoms with Gasteiger partial charge in [-0.25, -0.2) is 4.98 Å². The number of amides is 1. The van der Waals surface area contributed by atoms with Gasteiger partial charge >= 0.3 is 0 Å². The highest BCUT2D eigenvalue weighted by atomic mass is 35.5. The smallest absolute Gasteiger partial charge is 0.255 e. The van der Waals surface area contributed by atoms with E-state index < -0.39 is 5.41 Å². The molecule has 0 atom stereocenters. The Morgan fingerprint density at radius 1 is 1.21 bits per heavy atom. The van der Waals surface area contributed by atoms with Crippen LogP contribution in [-0.2, 0) is 10.2 Å². The molecule has 7 heteroatoms. The largest absolute Gasteiger partial charge is 0.353 e. The van der Waals surface area contributed by atoms with Gasteiger partial charge in [0.25, 0.3) is 5.56 Å². The molecule has 0 saturated carbocycles. The van der Waals surface area contributed by atoms with E-state index >= 15 is 0 Å². The van der Waals surface area contributed by atoms with Crippen molar-refractivity contribution in [3.63, 3.8) is 0 Å². The molecule has 1 aromatic carbocycles. The zero-order chi connectivity index (χ0) is 20.5. The summed E-state index contributed by atoms with van der Waals surface area (Å²) < 4.78 is 0. The van der Waals surface area contributed by atoms with E-state index in [1.165, 1.54) is 0 Å². The second kappa shape index (κ2) is 7.95. The van der Waals surface area contributed by atoms with Crippen molar-refractivity contribution < 1.29 is 4.79 Å². The number of nitrogens with one attached hydrogen (secondary N) is 2. The van der Waals surface area contributed by atoms with Gasteiger partial charge in [-0.15, -0.1) is 0 Å². The Kier molecular flexibility index (Phi) is 5.79. The minimum absolute atomic E-state index is 0.117.